The van der Waals surface area contributed by atoms with Gasteiger partial charge in [0.15, 0.2) is 0 Å². The fraction of sp³-hybridized carbons (Fsp3) is 0.0625. The molecule has 0 radical (unpaired) electrons. The number of hydroxylamine groups is 1. The number of anilines is 2. The van der Waals surface area contributed by atoms with E-state index in [0.717, 1.165) is 11.6 Å². The molecule has 3 N–H and O–H groups in total. The Morgan fingerprint density at radius 3 is 2.48 bits per heavy atom. The molecule has 1 unspecified atom stereocenters. The van der Waals surface area contributed by atoms with Gasteiger partial charge < -0.3 is 0 Å². The van der Waals surface area contributed by atoms with Crippen LogP contribution in [0.5, 0.6) is 0 Å². The highest BCUT2D eigenvalue weighted by molar-refractivity contribution is 7.81. The lowest BCUT2D eigenvalue weighted by Crippen LogP contribution is -2.19. The van der Waals surface area contributed by atoms with E-state index in [1.54, 1.807) is 36.4 Å². The largest absolute Gasteiger partial charge is 0.289 e. The molecule has 0 aliphatic rings. The van der Waals surface area contributed by atoms with Crippen LogP contribution < -0.4 is 9.79 Å². The summed E-state index contributed by atoms with van der Waals surface area (Å²) < 4.78 is 22.6. The molecule has 1 amide bonds. The van der Waals surface area contributed by atoms with Gasteiger partial charge in [-0.05, 0) is 42.8 Å². The Morgan fingerprint density at radius 2 is 1.87 bits per heavy atom. The molecule has 0 spiro atoms. The second-order valence-corrected chi connectivity index (χ2v) is 5.59. The van der Waals surface area contributed by atoms with Crippen molar-refractivity contribution in [3.05, 3.63) is 65.7 Å². The summed E-state index contributed by atoms with van der Waals surface area (Å²) in [5.41, 5.74) is 4.27. The highest BCUT2D eigenvalue weighted by Gasteiger charge is 2.15. The highest BCUT2D eigenvalue weighted by atomic mass is 32.2. The number of benzene rings is 2. The molecule has 7 heteroatoms. The van der Waals surface area contributed by atoms with Crippen molar-refractivity contribution in [3.8, 4) is 0 Å². The third kappa shape index (κ3) is 4.49. The summed E-state index contributed by atoms with van der Waals surface area (Å²) in [6.45, 7) is 1.93. The number of carbonyl (C=O) groups excluding carboxylic acids is 1. The van der Waals surface area contributed by atoms with E-state index in [2.05, 4.69) is 0 Å². The van der Waals surface area contributed by atoms with Gasteiger partial charge in [0.25, 0.3) is 17.2 Å². The van der Waals surface area contributed by atoms with Crippen LogP contribution >= 0.6 is 0 Å². The molecule has 2 aromatic carbocycles. The minimum Gasteiger partial charge on any atom is -0.289 e. The number of rotatable bonds is 5. The number of nitrogens with one attached hydrogen (secondary N) is 1. The Balaban J connectivity index is 2.37. The molecule has 2 aromatic rings. The van der Waals surface area contributed by atoms with Crippen LogP contribution in [0.2, 0.25) is 0 Å². The molecule has 2 rings (SSSR count). The van der Waals surface area contributed by atoms with Crippen LogP contribution in [0.25, 0.3) is 6.08 Å². The minimum absolute atomic E-state index is 0.501. The molecule has 1 atom stereocenters. The average Bonchev–Trinajstić information content (AvgIpc) is 2.55. The summed E-state index contributed by atoms with van der Waals surface area (Å²) in [5.74, 6) is -0.656. The Labute approximate surface area is 136 Å². The number of hydrogen-bond donors (Lipinski definition) is 3. The molecule has 0 fully saturated rings. The quantitative estimate of drug-likeness (QED) is 0.340. The monoisotopic (exact) mass is 332 g/mol. The minimum atomic E-state index is -2.24. The van der Waals surface area contributed by atoms with Gasteiger partial charge in [0.05, 0.1) is 11.4 Å². The molecule has 0 bridgehead atoms. The molecule has 0 aliphatic carbocycles. The molecule has 0 aliphatic heterocycles. The van der Waals surface area contributed by atoms with Gasteiger partial charge in [-0.1, -0.05) is 29.8 Å². The third-order valence-corrected chi connectivity index (χ3v) is 3.80. The first-order chi connectivity index (χ1) is 11.0. The molecule has 23 heavy (non-hydrogen) atoms. The number of nitrogens with zero attached hydrogens (tertiary/aromatic N) is 1. The van der Waals surface area contributed by atoms with E-state index in [1.165, 1.54) is 15.9 Å². The van der Waals surface area contributed by atoms with Crippen molar-refractivity contribution in [2.75, 3.05) is 4.31 Å². The lowest BCUT2D eigenvalue weighted by molar-refractivity contribution is -0.124. The summed E-state index contributed by atoms with van der Waals surface area (Å²) >= 11 is -2.24. The Hall–Kier alpha value is -2.48. The van der Waals surface area contributed by atoms with Crippen molar-refractivity contribution < 1.29 is 18.8 Å². The second kappa shape index (κ2) is 7.68. The zero-order valence-electron chi connectivity index (χ0n) is 12.3. The summed E-state index contributed by atoms with van der Waals surface area (Å²) in [4.78, 5) is 11.0. The van der Waals surface area contributed by atoms with Crippen LogP contribution in [0.1, 0.15) is 11.1 Å². The van der Waals surface area contributed by atoms with Crippen LogP contribution in [0.15, 0.2) is 54.6 Å². The average molecular weight is 332 g/mol. The summed E-state index contributed by atoms with van der Waals surface area (Å²) in [6.07, 6.45) is 2.65. The molecular weight excluding hydrogens is 316 g/mol. The van der Waals surface area contributed by atoms with Crippen molar-refractivity contribution in [2.45, 2.75) is 6.92 Å². The Morgan fingerprint density at radius 1 is 1.17 bits per heavy atom. The molecule has 0 aromatic heterocycles. The van der Waals surface area contributed by atoms with Crippen molar-refractivity contribution in [1.29, 1.82) is 0 Å². The first kappa shape index (κ1) is 16.9. The van der Waals surface area contributed by atoms with E-state index in [0.29, 0.717) is 16.9 Å². The normalized spacial score (nSPS) is 12.1. The molecule has 6 nitrogen and oxygen atoms in total. The van der Waals surface area contributed by atoms with E-state index in [4.69, 9.17) is 5.21 Å². The van der Waals surface area contributed by atoms with Gasteiger partial charge in [-0.25, -0.2) is 14.0 Å². The van der Waals surface area contributed by atoms with E-state index in [9.17, 15) is 13.6 Å². The summed E-state index contributed by atoms with van der Waals surface area (Å²) in [7, 11) is 0. The van der Waals surface area contributed by atoms with Crippen molar-refractivity contribution in [2.24, 2.45) is 0 Å². The standard InChI is InChI=1S/C16H16N2O4S/c1-12-5-8-14(9-6-12)18(23(21)22)15-4-2-3-13(11-15)7-10-16(19)17-20/h2-11,20H,1H3,(H,17,19)(H,21,22). The van der Waals surface area contributed by atoms with Gasteiger partial charge in [0.2, 0.25) is 0 Å². The zero-order chi connectivity index (χ0) is 16.8. The highest BCUT2D eigenvalue weighted by Crippen LogP contribution is 2.28. The first-order valence-electron chi connectivity index (χ1n) is 6.71. The van der Waals surface area contributed by atoms with Crippen molar-refractivity contribution >= 4 is 34.6 Å². The molecule has 0 heterocycles. The lowest BCUT2D eigenvalue weighted by Gasteiger charge is -2.20. The van der Waals surface area contributed by atoms with Crippen LogP contribution in [-0.4, -0.2) is 19.9 Å². The zero-order valence-corrected chi connectivity index (χ0v) is 13.2. The van der Waals surface area contributed by atoms with Crippen LogP contribution in [0.4, 0.5) is 11.4 Å². The van der Waals surface area contributed by atoms with Gasteiger partial charge >= 0.3 is 0 Å². The number of hydrogen-bond acceptors (Lipinski definition) is 3. The van der Waals surface area contributed by atoms with Gasteiger partial charge in [-0.15, -0.1) is 0 Å². The van der Waals surface area contributed by atoms with E-state index in [-0.39, 0.29) is 0 Å². The Bertz CT molecular complexity index is 744. The van der Waals surface area contributed by atoms with Crippen LogP contribution in [-0.2, 0) is 16.1 Å². The smallest absolute Gasteiger partial charge is 0.267 e. The van der Waals surface area contributed by atoms with Gasteiger partial charge in [0, 0.05) is 6.08 Å². The molecular formula is C16H16N2O4S. The Kier molecular flexibility index (Phi) is 5.64. The maximum Gasteiger partial charge on any atom is 0.267 e. The van der Waals surface area contributed by atoms with Crippen LogP contribution in [0, 0.1) is 6.92 Å². The number of carbonyl (C=O) groups is 1. The van der Waals surface area contributed by atoms with Crippen molar-refractivity contribution in [1.82, 2.24) is 5.48 Å². The lowest BCUT2D eigenvalue weighted by atomic mass is 10.1. The fourth-order valence-corrected chi connectivity index (χ4v) is 2.57. The number of amides is 1. The number of aryl methyl sites for hydroxylation is 1. The van der Waals surface area contributed by atoms with Crippen molar-refractivity contribution in [3.63, 3.8) is 0 Å². The molecule has 120 valence electrons. The van der Waals surface area contributed by atoms with Gasteiger partial charge in [-0.2, -0.15) is 0 Å². The first-order valence-corrected chi connectivity index (χ1v) is 7.77. The summed E-state index contributed by atoms with van der Waals surface area (Å²) in [6, 6.07) is 14.0. The predicted octanol–water partition coefficient (Wildman–Crippen LogP) is 2.79. The SMILES string of the molecule is Cc1ccc(N(c2cccc(C=CC(=O)NO)c2)S(=O)O)cc1. The predicted molar refractivity (Wildman–Crippen MR) is 89.5 cm³/mol. The van der Waals surface area contributed by atoms with E-state index >= 15 is 0 Å². The van der Waals surface area contributed by atoms with E-state index < -0.39 is 17.2 Å². The maximum absolute atomic E-state index is 11.7. The third-order valence-electron chi connectivity index (χ3n) is 3.07. The van der Waals surface area contributed by atoms with E-state index in [1.807, 2.05) is 19.1 Å². The second-order valence-electron chi connectivity index (χ2n) is 4.77. The van der Waals surface area contributed by atoms with Gasteiger partial charge in [0.1, 0.15) is 0 Å². The molecule has 0 saturated heterocycles. The van der Waals surface area contributed by atoms with Gasteiger partial charge in [-0.3, -0.25) is 14.6 Å². The maximum atomic E-state index is 11.7. The molecule has 0 saturated carbocycles. The van der Waals surface area contributed by atoms with Crippen LogP contribution in [0.3, 0.4) is 0 Å². The topological polar surface area (TPSA) is 89.9 Å². The summed E-state index contributed by atoms with van der Waals surface area (Å²) in [5, 5.41) is 8.47. The fourth-order valence-electron chi connectivity index (χ4n) is 1.97.